The molecule has 3 nitrogen and oxygen atoms in total. The molecule has 0 bridgehead atoms. The number of aldehydes is 1. The molecule has 94 valence electrons. The highest BCUT2D eigenvalue weighted by Crippen LogP contribution is 2.30. The average Bonchev–Trinajstić information content (AvgIpc) is 2.39. The number of esters is 1. The van der Waals surface area contributed by atoms with Crippen LogP contribution in [0.4, 0.5) is 0 Å². The minimum Gasteiger partial charge on any atom is -0.447 e. The molecular formula is C15H16O3. The molecule has 0 fully saturated rings. The third-order valence-electron chi connectivity index (χ3n) is 3.16. The molecule has 1 atom stereocenters. The number of carbonyl (C=O) groups is 2. The largest absolute Gasteiger partial charge is 0.447 e. The maximum absolute atomic E-state index is 12.0. The van der Waals surface area contributed by atoms with Gasteiger partial charge in [0.1, 0.15) is 0 Å². The second-order valence-corrected chi connectivity index (χ2v) is 4.70. The van der Waals surface area contributed by atoms with E-state index in [4.69, 9.17) is 4.74 Å². The summed E-state index contributed by atoms with van der Waals surface area (Å²) in [6, 6.07) is 8.75. The summed E-state index contributed by atoms with van der Waals surface area (Å²) in [5.41, 5.74) is 0.589. The number of allylic oxidation sites excluding steroid dienone is 1. The Hall–Kier alpha value is -1.90. The van der Waals surface area contributed by atoms with E-state index in [1.54, 1.807) is 24.3 Å². The fourth-order valence-electron chi connectivity index (χ4n) is 2.22. The Bertz CT molecular complexity index is 476. The molecule has 3 heteroatoms. The van der Waals surface area contributed by atoms with E-state index in [-0.39, 0.29) is 0 Å². The molecular weight excluding hydrogens is 228 g/mol. The van der Waals surface area contributed by atoms with Crippen molar-refractivity contribution in [2.24, 2.45) is 0 Å². The standard InChI is InChI=1S/C15H16O3/c1-12-6-5-9-15(10-12,11-16)18-14(17)13-7-3-2-4-8-13/h2-4,6-8,11H,5,9-10H2,1H3. The molecule has 0 heterocycles. The molecule has 0 amide bonds. The fourth-order valence-corrected chi connectivity index (χ4v) is 2.22. The maximum Gasteiger partial charge on any atom is 0.339 e. The van der Waals surface area contributed by atoms with Crippen LogP contribution in [0.1, 0.15) is 36.5 Å². The van der Waals surface area contributed by atoms with E-state index in [1.807, 2.05) is 13.0 Å². The lowest BCUT2D eigenvalue weighted by Gasteiger charge is -2.31. The predicted molar refractivity (Wildman–Crippen MR) is 68.3 cm³/mol. The van der Waals surface area contributed by atoms with Crippen molar-refractivity contribution in [1.29, 1.82) is 0 Å². The summed E-state index contributed by atoms with van der Waals surface area (Å²) in [7, 11) is 0. The first-order chi connectivity index (χ1) is 8.65. The number of hydrogen-bond donors (Lipinski definition) is 0. The lowest BCUT2D eigenvalue weighted by molar-refractivity contribution is -0.126. The first-order valence-corrected chi connectivity index (χ1v) is 6.06. The molecule has 1 unspecified atom stereocenters. The normalized spacial score (nSPS) is 23.1. The van der Waals surface area contributed by atoms with E-state index in [9.17, 15) is 9.59 Å². The van der Waals surface area contributed by atoms with Crippen LogP contribution in [0.15, 0.2) is 42.0 Å². The molecule has 0 spiro atoms. The number of rotatable bonds is 3. The minimum atomic E-state index is -0.980. The Kier molecular flexibility index (Phi) is 3.60. The van der Waals surface area contributed by atoms with Crippen LogP contribution in [0.25, 0.3) is 0 Å². The van der Waals surface area contributed by atoms with Gasteiger partial charge in [-0.3, -0.25) is 4.79 Å². The van der Waals surface area contributed by atoms with Crippen molar-refractivity contribution in [3.8, 4) is 0 Å². The average molecular weight is 244 g/mol. The third kappa shape index (κ3) is 2.67. The van der Waals surface area contributed by atoms with Crippen molar-refractivity contribution in [1.82, 2.24) is 0 Å². The lowest BCUT2D eigenvalue weighted by Crippen LogP contribution is -2.38. The Morgan fingerprint density at radius 1 is 1.33 bits per heavy atom. The van der Waals surface area contributed by atoms with E-state index in [0.717, 1.165) is 18.3 Å². The second-order valence-electron chi connectivity index (χ2n) is 4.70. The van der Waals surface area contributed by atoms with Crippen LogP contribution in [-0.4, -0.2) is 17.9 Å². The van der Waals surface area contributed by atoms with Crippen molar-refractivity contribution >= 4 is 12.3 Å². The first-order valence-electron chi connectivity index (χ1n) is 6.06. The lowest BCUT2D eigenvalue weighted by atomic mass is 9.86. The SMILES string of the molecule is CC1=CCCC(C=O)(OC(=O)c2ccccc2)C1. The van der Waals surface area contributed by atoms with Gasteiger partial charge in [-0.15, -0.1) is 0 Å². The monoisotopic (exact) mass is 244 g/mol. The molecule has 0 saturated carbocycles. The van der Waals surface area contributed by atoms with E-state index in [2.05, 4.69) is 6.08 Å². The van der Waals surface area contributed by atoms with Crippen molar-refractivity contribution in [2.75, 3.05) is 0 Å². The van der Waals surface area contributed by atoms with Gasteiger partial charge in [0.05, 0.1) is 5.56 Å². The number of carbonyl (C=O) groups excluding carboxylic acids is 2. The molecule has 1 aromatic carbocycles. The predicted octanol–water partition coefficient (Wildman–Crippen LogP) is 2.91. The number of hydrogen-bond acceptors (Lipinski definition) is 3. The summed E-state index contributed by atoms with van der Waals surface area (Å²) < 4.78 is 5.44. The summed E-state index contributed by atoms with van der Waals surface area (Å²) in [6.07, 6.45) is 4.68. The van der Waals surface area contributed by atoms with Gasteiger partial charge in [-0.05, 0) is 31.9 Å². The molecule has 1 aromatic rings. The third-order valence-corrected chi connectivity index (χ3v) is 3.16. The van der Waals surface area contributed by atoms with Gasteiger partial charge in [0, 0.05) is 6.42 Å². The van der Waals surface area contributed by atoms with Gasteiger partial charge in [-0.25, -0.2) is 4.79 Å². The Balaban J connectivity index is 2.14. The summed E-state index contributed by atoms with van der Waals surface area (Å²) in [6.45, 7) is 1.95. The minimum absolute atomic E-state index is 0.433. The second kappa shape index (κ2) is 5.17. The van der Waals surface area contributed by atoms with Crippen LogP contribution in [0, 0.1) is 0 Å². The molecule has 2 rings (SSSR count). The zero-order valence-corrected chi connectivity index (χ0v) is 10.4. The summed E-state index contributed by atoms with van der Waals surface area (Å²) >= 11 is 0. The van der Waals surface area contributed by atoms with Gasteiger partial charge >= 0.3 is 5.97 Å². The molecule has 1 aliphatic rings. The van der Waals surface area contributed by atoms with Crippen molar-refractivity contribution in [2.45, 2.75) is 31.8 Å². The zero-order valence-electron chi connectivity index (χ0n) is 10.4. The summed E-state index contributed by atoms with van der Waals surface area (Å²) in [5.74, 6) is -0.433. The highest BCUT2D eigenvalue weighted by molar-refractivity contribution is 5.91. The van der Waals surface area contributed by atoms with Crippen molar-refractivity contribution < 1.29 is 14.3 Å². The zero-order chi connectivity index (χ0) is 13.0. The molecule has 0 saturated heterocycles. The van der Waals surface area contributed by atoms with Crippen LogP contribution in [0.2, 0.25) is 0 Å². The van der Waals surface area contributed by atoms with Crippen molar-refractivity contribution in [3.05, 3.63) is 47.5 Å². The maximum atomic E-state index is 12.0. The highest BCUT2D eigenvalue weighted by Gasteiger charge is 2.36. The molecule has 0 aromatic heterocycles. The van der Waals surface area contributed by atoms with Gasteiger partial charge in [0.15, 0.2) is 11.9 Å². The van der Waals surface area contributed by atoms with Crippen LogP contribution in [0.5, 0.6) is 0 Å². The number of ether oxygens (including phenoxy) is 1. The topological polar surface area (TPSA) is 43.4 Å². The van der Waals surface area contributed by atoms with Gasteiger partial charge in [0.25, 0.3) is 0 Å². The molecule has 0 radical (unpaired) electrons. The Morgan fingerprint density at radius 3 is 2.67 bits per heavy atom. The van der Waals surface area contributed by atoms with Crippen LogP contribution in [-0.2, 0) is 9.53 Å². The van der Waals surface area contributed by atoms with Gasteiger partial charge in [0.2, 0.25) is 0 Å². The van der Waals surface area contributed by atoms with Crippen LogP contribution in [0.3, 0.4) is 0 Å². The highest BCUT2D eigenvalue weighted by atomic mass is 16.6. The van der Waals surface area contributed by atoms with Crippen LogP contribution < -0.4 is 0 Å². The smallest absolute Gasteiger partial charge is 0.339 e. The Labute approximate surface area is 106 Å². The van der Waals surface area contributed by atoms with E-state index < -0.39 is 11.6 Å². The molecule has 1 aliphatic carbocycles. The Morgan fingerprint density at radius 2 is 2.06 bits per heavy atom. The van der Waals surface area contributed by atoms with E-state index in [0.29, 0.717) is 18.4 Å². The first kappa shape index (κ1) is 12.6. The van der Waals surface area contributed by atoms with Crippen molar-refractivity contribution in [3.63, 3.8) is 0 Å². The quantitative estimate of drug-likeness (QED) is 0.466. The fraction of sp³-hybridized carbons (Fsp3) is 0.333. The van der Waals surface area contributed by atoms with Gasteiger partial charge in [-0.2, -0.15) is 0 Å². The summed E-state index contributed by atoms with van der Waals surface area (Å²) in [5, 5.41) is 0. The number of benzene rings is 1. The summed E-state index contributed by atoms with van der Waals surface area (Å²) in [4.78, 5) is 23.3. The van der Waals surface area contributed by atoms with Gasteiger partial charge in [-0.1, -0.05) is 29.8 Å². The molecule has 0 N–H and O–H groups in total. The van der Waals surface area contributed by atoms with Crippen LogP contribution >= 0.6 is 0 Å². The van der Waals surface area contributed by atoms with E-state index in [1.165, 1.54) is 0 Å². The molecule has 18 heavy (non-hydrogen) atoms. The molecule has 0 aliphatic heterocycles. The van der Waals surface area contributed by atoms with Gasteiger partial charge < -0.3 is 4.74 Å². The van der Waals surface area contributed by atoms with E-state index >= 15 is 0 Å².